The summed E-state index contributed by atoms with van der Waals surface area (Å²) in [5.41, 5.74) is 0.635. The van der Waals surface area contributed by atoms with Gasteiger partial charge in [0.25, 0.3) is 0 Å². The largest absolute Gasteiger partial charge is 0.454 e. The van der Waals surface area contributed by atoms with E-state index in [1.807, 2.05) is 26.0 Å². The van der Waals surface area contributed by atoms with Crippen LogP contribution in [0.1, 0.15) is 19.4 Å². The average molecular weight is 343 g/mol. The van der Waals surface area contributed by atoms with E-state index in [9.17, 15) is 4.79 Å². The zero-order valence-corrected chi connectivity index (χ0v) is 13.5. The predicted octanol–water partition coefficient (Wildman–Crippen LogP) is 2.04. The van der Waals surface area contributed by atoms with E-state index in [0.29, 0.717) is 13.1 Å². The van der Waals surface area contributed by atoms with Gasteiger partial charge >= 0.3 is 0 Å². The van der Waals surface area contributed by atoms with E-state index in [-0.39, 0.29) is 12.7 Å². The van der Waals surface area contributed by atoms with Crippen LogP contribution in [0.25, 0.3) is 0 Å². The van der Waals surface area contributed by atoms with E-state index < -0.39 is 5.41 Å². The third kappa shape index (κ3) is 3.24. The van der Waals surface area contributed by atoms with Gasteiger partial charge in [0, 0.05) is 20.1 Å². The molecule has 0 spiro atoms. The van der Waals surface area contributed by atoms with Crippen LogP contribution in [0.2, 0.25) is 0 Å². The molecule has 1 aromatic carbocycles. The van der Waals surface area contributed by atoms with Crippen molar-refractivity contribution in [1.29, 1.82) is 0 Å². The average Bonchev–Trinajstić information content (AvgIpc) is 2.86. The molecule has 2 N–H and O–H groups in total. The first-order valence-electron chi connectivity index (χ1n) is 6.45. The molecule has 1 aliphatic rings. The number of ether oxygens (including phenoxy) is 2. The van der Waals surface area contributed by atoms with Crippen LogP contribution < -0.4 is 20.1 Å². The molecule has 0 atom stereocenters. The number of rotatable bonds is 5. The Labute approximate surface area is 127 Å². The number of nitrogens with one attached hydrogen (secondary N) is 2. The molecule has 6 heteroatoms. The highest BCUT2D eigenvalue weighted by molar-refractivity contribution is 9.10. The summed E-state index contributed by atoms with van der Waals surface area (Å²) in [5, 5.41) is 5.97. The lowest BCUT2D eigenvalue weighted by molar-refractivity contribution is -0.128. The van der Waals surface area contributed by atoms with E-state index >= 15 is 0 Å². The molecule has 0 bridgehead atoms. The zero-order valence-electron chi connectivity index (χ0n) is 11.9. The van der Waals surface area contributed by atoms with Crippen molar-refractivity contribution in [2.45, 2.75) is 20.4 Å². The van der Waals surface area contributed by atoms with Gasteiger partial charge in [-0.2, -0.15) is 0 Å². The number of fused-ring (bicyclic) bond motifs is 1. The second-order valence-corrected chi connectivity index (χ2v) is 6.23. The molecule has 1 aromatic rings. The molecule has 0 saturated carbocycles. The fourth-order valence-electron chi connectivity index (χ4n) is 2.06. The Kier molecular flexibility index (Phi) is 4.55. The van der Waals surface area contributed by atoms with Crippen molar-refractivity contribution < 1.29 is 14.3 Å². The first-order chi connectivity index (χ1) is 9.44. The molecule has 1 heterocycles. The van der Waals surface area contributed by atoms with E-state index in [1.165, 1.54) is 0 Å². The van der Waals surface area contributed by atoms with Gasteiger partial charge in [0.2, 0.25) is 12.7 Å². The number of carbonyl (C=O) groups is 1. The molecular formula is C14H19BrN2O3. The summed E-state index contributed by atoms with van der Waals surface area (Å²) < 4.78 is 11.6. The number of hydrogen-bond donors (Lipinski definition) is 2. The molecule has 0 unspecified atom stereocenters. The lowest BCUT2D eigenvalue weighted by Crippen LogP contribution is -2.41. The maximum absolute atomic E-state index is 11.7. The lowest BCUT2D eigenvalue weighted by atomic mass is 9.92. The number of amides is 1. The number of benzene rings is 1. The Balaban J connectivity index is 1.95. The van der Waals surface area contributed by atoms with Gasteiger partial charge in [0.15, 0.2) is 11.5 Å². The minimum atomic E-state index is -0.442. The standard InChI is InChI=1S/C14H19BrN2O3/c1-14(2,13(18)16-3)7-17-6-9-4-10(15)12-11(5-9)19-8-20-12/h4-5,17H,6-8H2,1-3H3,(H,16,18). The summed E-state index contributed by atoms with van der Waals surface area (Å²) in [4.78, 5) is 11.7. The first kappa shape index (κ1) is 15.1. The first-order valence-corrected chi connectivity index (χ1v) is 7.24. The molecule has 0 radical (unpaired) electrons. The second-order valence-electron chi connectivity index (χ2n) is 5.38. The normalized spacial score (nSPS) is 13.4. The maximum atomic E-state index is 11.7. The van der Waals surface area contributed by atoms with Crippen LogP contribution in [-0.4, -0.2) is 26.3 Å². The van der Waals surface area contributed by atoms with Crippen LogP contribution in [0.4, 0.5) is 0 Å². The van der Waals surface area contributed by atoms with E-state index in [0.717, 1.165) is 21.5 Å². The van der Waals surface area contributed by atoms with Crippen LogP contribution >= 0.6 is 15.9 Å². The highest BCUT2D eigenvalue weighted by atomic mass is 79.9. The minimum Gasteiger partial charge on any atom is -0.454 e. The smallest absolute Gasteiger partial charge is 0.231 e. The van der Waals surface area contributed by atoms with Gasteiger partial charge < -0.3 is 20.1 Å². The Morgan fingerprint density at radius 1 is 1.40 bits per heavy atom. The molecule has 0 aromatic heterocycles. The van der Waals surface area contributed by atoms with Crippen LogP contribution in [0.3, 0.4) is 0 Å². The number of carbonyl (C=O) groups excluding carboxylic acids is 1. The van der Waals surface area contributed by atoms with Crippen molar-refractivity contribution in [3.63, 3.8) is 0 Å². The van der Waals surface area contributed by atoms with Crippen LogP contribution in [0, 0.1) is 5.41 Å². The molecule has 1 aliphatic heterocycles. The van der Waals surface area contributed by atoms with Crippen molar-refractivity contribution >= 4 is 21.8 Å². The van der Waals surface area contributed by atoms with Crippen LogP contribution in [-0.2, 0) is 11.3 Å². The fourth-order valence-corrected chi connectivity index (χ4v) is 2.66. The molecule has 5 nitrogen and oxygen atoms in total. The topological polar surface area (TPSA) is 59.6 Å². The summed E-state index contributed by atoms with van der Waals surface area (Å²) >= 11 is 3.47. The molecule has 20 heavy (non-hydrogen) atoms. The molecular weight excluding hydrogens is 324 g/mol. The van der Waals surface area contributed by atoms with E-state index in [2.05, 4.69) is 26.6 Å². The molecule has 1 amide bonds. The van der Waals surface area contributed by atoms with Crippen LogP contribution in [0.15, 0.2) is 16.6 Å². The van der Waals surface area contributed by atoms with E-state index in [4.69, 9.17) is 9.47 Å². The van der Waals surface area contributed by atoms with Gasteiger partial charge in [-0.3, -0.25) is 4.79 Å². The Hall–Kier alpha value is -1.27. The quantitative estimate of drug-likeness (QED) is 0.859. The van der Waals surface area contributed by atoms with Gasteiger partial charge in [-0.05, 0) is 47.5 Å². The van der Waals surface area contributed by atoms with Crippen molar-refractivity contribution in [2.75, 3.05) is 20.4 Å². The van der Waals surface area contributed by atoms with Crippen molar-refractivity contribution in [2.24, 2.45) is 5.41 Å². The third-order valence-electron chi connectivity index (χ3n) is 3.22. The van der Waals surface area contributed by atoms with Gasteiger partial charge in [-0.15, -0.1) is 0 Å². The SMILES string of the molecule is CNC(=O)C(C)(C)CNCc1cc(Br)c2c(c1)OCO2. The monoisotopic (exact) mass is 342 g/mol. The predicted molar refractivity (Wildman–Crippen MR) is 79.8 cm³/mol. The zero-order chi connectivity index (χ0) is 14.8. The molecule has 110 valence electrons. The fraction of sp³-hybridized carbons (Fsp3) is 0.500. The van der Waals surface area contributed by atoms with Crippen molar-refractivity contribution in [3.05, 3.63) is 22.2 Å². The number of hydrogen-bond acceptors (Lipinski definition) is 4. The Morgan fingerprint density at radius 2 is 2.15 bits per heavy atom. The summed E-state index contributed by atoms with van der Waals surface area (Å²) in [6.07, 6.45) is 0. The van der Waals surface area contributed by atoms with Crippen molar-refractivity contribution in [1.82, 2.24) is 10.6 Å². The highest BCUT2D eigenvalue weighted by Gasteiger charge is 2.26. The lowest BCUT2D eigenvalue weighted by Gasteiger charge is -2.23. The summed E-state index contributed by atoms with van der Waals surface area (Å²) in [6, 6.07) is 3.94. The summed E-state index contributed by atoms with van der Waals surface area (Å²) in [6.45, 7) is 5.34. The Morgan fingerprint density at radius 3 is 2.85 bits per heavy atom. The molecule has 2 rings (SSSR count). The summed E-state index contributed by atoms with van der Waals surface area (Å²) in [5.74, 6) is 1.53. The van der Waals surface area contributed by atoms with Gasteiger partial charge in [0.1, 0.15) is 0 Å². The highest BCUT2D eigenvalue weighted by Crippen LogP contribution is 2.39. The minimum absolute atomic E-state index is 0.0249. The van der Waals surface area contributed by atoms with Gasteiger partial charge in [0.05, 0.1) is 9.89 Å². The van der Waals surface area contributed by atoms with Crippen molar-refractivity contribution in [3.8, 4) is 11.5 Å². The third-order valence-corrected chi connectivity index (χ3v) is 3.81. The molecule has 0 fully saturated rings. The summed E-state index contributed by atoms with van der Waals surface area (Å²) in [7, 11) is 1.65. The van der Waals surface area contributed by atoms with Crippen LogP contribution in [0.5, 0.6) is 11.5 Å². The molecule has 0 aliphatic carbocycles. The number of halogens is 1. The van der Waals surface area contributed by atoms with Gasteiger partial charge in [-0.25, -0.2) is 0 Å². The maximum Gasteiger partial charge on any atom is 0.231 e. The second kappa shape index (κ2) is 6.01. The molecule has 0 saturated heterocycles. The van der Waals surface area contributed by atoms with Gasteiger partial charge in [-0.1, -0.05) is 0 Å². The van der Waals surface area contributed by atoms with E-state index in [1.54, 1.807) is 7.05 Å². The Bertz CT molecular complexity index is 517.